The fraction of sp³-hybridized carbons (Fsp3) is 0.611. The number of ether oxygens (including phenoxy) is 1. The number of nitrogens with one attached hydrogen (secondary N) is 2. The molecule has 0 atom stereocenters. The van der Waals surface area contributed by atoms with Gasteiger partial charge in [0, 0.05) is 19.5 Å². The molecular weight excluding hydrogens is 411 g/mol. The highest BCUT2D eigenvalue weighted by Crippen LogP contribution is 2.23. The number of likely N-dealkylation sites (tertiary alicyclic amines) is 1. The third-order valence-corrected chi connectivity index (χ3v) is 6.20. The monoisotopic (exact) mass is 437 g/mol. The Morgan fingerprint density at radius 1 is 1.17 bits per heavy atom. The van der Waals surface area contributed by atoms with Crippen LogP contribution in [0.4, 0.5) is 13.2 Å². The number of halogens is 3. The van der Waals surface area contributed by atoms with Crippen molar-refractivity contribution in [3.05, 3.63) is 24.3 Å². The van der Waals surface area contributed by atoms with Crippen LogP contribution in [0, 0.1) is 5.92 Å². The Balaban J connectivity index is 1.69. The lowest BCUT2D eigenvalue weighted by Gasteiger charge is -2.28. The third kappa shape index (κ3) is 8.58. The van der Waals surface area contributed by atoms with Crippen LogP contribution >= 0.6 is 0 Å². The Morgan fingerprint density at radius 2 is 1.79 bits per heavy atom. The standard InChI is InChI=1S/C18H26F3N3O4S/c1-24-12-8-14(9-13-24)6-10-22-17(25)7-11-23-29(26,27)16-4-2-15(3-5-16)28-18(19,20)21/h2-5,14,23H,6-13H2,1H3,(H,22,25). The van der Waals surface area contributed by atoms with Crippen LogP contribution in [0.25, 0.3) is 0 Å². The topological polar surface area (TPSA) is 87.7 Å². The summed E-state index contributed by atoms with van der Waals surface area (Å²) in [6.45, 7) is 2.57. The molecule has 0 aromatic heterocycles. The summed E-state index contributed by atoms with van der Waals surface area (Å²) >= 11 is 0. The van der Waals surface area contributed by atoms with Gasteiger partial charge in [0.25, 0.3) is 0 Å². The van der Waals surface area contributed by atoms with Gasteiger partial charge < -0.3 is 15.0 Å². The number of piperidine rings is 1. The number of hydrogen-bond donors (Lipinski definition) is 2. The van der Waals surface area contributed by atoms with Crippen LogP contribution in [-0.4, -0.2) is 58.8 Å². The summed E-state index contributed by atoms with van der Waals surface area (Å²) in [4.78, 5) is 13.9. The van der Waals surface area contributed by atoms with Crippen molar-refractivity contribution in [3.8, 4) is 5.75 Å². The average Bonchev–Trinajstić information content (AvgIpc) is 2.62. The molecule has 1 aliphatic heterocycles. The van der Waals surface area contributed by atoms with E-state index in [9.17, 15) is 26.4 Å². The molecule has 2 N–H and O–H groups in total. The summed E-state index contributed by atoms with van der Waals surface area (Å²) in [5, 5.41) is 2.79. The van der Waals surface area contributed by atoms with E-state index in [0.717, 1.165) is 56.6 Å². The highest BCUT2D eigenvalue weighted by atomic mass is 32.2. The van der Waals surface area contributed by atoms with Gasteiger partial charge in [0.1, 0.15) is 5.75 Å². The number of alkyl halides is 3. The van der Waals surface area contributed by atoms with Crippen molar-refractivity contribution in [2.24, 2.45) is 5.92 Å². The zero-order valence-electron chi connectivity index (χ0n) is 16.2. The Morgan fingerprint density at radius 3 is 2.38 bits per heavy atom. The molecule has 7 nitrogen and oxygen atoms in total. The average molecular weight is 437 g/mol. The minimum absolute atomic E-state index is 0.0259. The van der Waals surface area contributed by atoms with Gasteiger partial charge in [0.05, 0.1) is 4.90 Å². The molecule has 1 fully saturated rings. The van der Waals surface area contributed by atoms with Gasteiger partial charge >= 0.3 is 6.36 Å². The number of benzene rings is 1. The van der Waals surface area contributed by atoms with Gasteiger partial charge in [0.15, 0.2) is 0 Å². The Labute approximate surface area is 168 Å². The maximum Gasteiger partial charge on any atom is 0.573 e. The van der Waals surface area contributed by atoms with Gasteiger partial charge in [0.2, 0.25) is 15.9 Å². The minimum Gasteiger partial charge on any atom is -0.406 e. The van der Waals surface area contributed by atoms with Gasteiger partial charge in [-0.1, -0.05) is 0 Å². The second kappa shape index (κ2) is 10.3. The number of nitrogens with zero attached hydrogens (tertiary/aromatic N) is 1. The maximum atomic E-state index is 12.1. The Hall–Kier alpha value is -1.85. The number of hydrogen-bond acceptors (Lipinski definition) is 5. The number of rotatable bonds is 9. The molecule has 1 saturated heterocycles. The van der Waals surface area contributed by atoms with E-state index in [1.165, 1.54) is 0 Å². The predicted molar refractivity (Wildman–Crippen MR) is 101 cm³/mol. The largest absolute Gasteiger partial charge is 0.573 e. The first-order valence-electron chi connectivity index (χ1n) is 9.36. The molecule has 29 heavy (non-hydrogen) atoms. The SMILES string of the molecule is CN1CCC(CCNC(=O)CCNS(=O)(=O)c2ccc(OC(F)(F)F)cc2)CC1. The summed E-state index contributed by atoms with van der Waals surface area (Å²) in [6, 6.07) is 3.84. The second-order valence-corrected chi connectivity index (χ2v) is 8.82. The number of carbonyl (C=O) groups is 1. The van der Waals surface area contributed by atoms with Gasteiger partial charge in [-0.2, -0.15) is 0 Å². The fourth-order valence-electron chi connectivity index (χ4n) is 3.06. The molecule has 164 valence electrons. The Bertz CT molecular complexity index is 762. The Kier molecular flexibility index (Phi) is 8.29. The minimum atomic E-state index is -4.85. The summed E-state index contributed by atoms with van der Waals surface area (Å²) in [7, 11) is -1.84. The number of carbonyl (C=O) groups excluding carboxylic acids is 1. The maximum absolute atomic E-state index is 12.1. The van der Waals surface area contributed by atoms with Crippen LogP contribution in [0.3, 0.4) is 0 Å². The molecule has 11 heteroatoms. The normalized spacial score (nSPS) is 16.6. The van der Waals surface area contributed by atoms with E-state index in [4.69, 9.17) is 0 Å². The van der Waals surface area contributed by atoms with Gasteiger partial charge in [-0.25, -0.2) is 13.1 Å². The molecule has 1 aromatic carbocycles. The van der Waals surface area contributed by atoms with Crippen molar-refractivity contribution in [2.75, 3.05) is 33.2 Å². The molecule has 1 aliphatic rings. The van der Waals surface area contributed by atoms with Crippen LogP contribution < -0.4 is 14.8 Å². The lowest BCUT2D eigenvalue weighted by atomic mass is 9.94. The summed E-state index contributed by atoms with van der Waals surface area (Å²) < 4.78 is 66.7. The molecule has 0 unspecified atom stereocenters. The number of sulfonamides is 1. The van der Waals surface area contributed by atoms with Crippen LogP contribution in [0.1, 0.15) is 25.7 Å². The first-order valence-corrected chi connectivity index (χ1v) is 10.8. The van der Waals surface area contributed by atoms with Crippen LogP contribution in [0.15, 0.2) is 29.2 Å². The zero-order chi connectivity index (χ0) is 21.5. The van der Waals surface area contributed by atoms with E-state index in [1.807, 2.05) is 0 Å². The van der Waals surface area contributed by atoms with Crippen LogP contribution in [0.2, 0.25) is 0 Å². The molecule has 1 aromatic rings. The summed E-state index contributed by atoms with van der Waals surface area (Å²) in [6.07, 6.45) is -1.75. The van der Waals surface area contributed by atoms with Crippen molar-refractivity contribution in [1.82, 2.24) is 14.9 Å². The predicted octanol–water partition coefficient (Wildman–Crippen LogP) is 2.10. The molecule has 1 amide bonds. The highest BCUT2D eigenvalue weighted by molar-refractivity contribution is 7.89. The van der Waals surface area contributed by atoms with E-state index in [-0.39, 0.29) is 23.8 Å². The van der Waals surface area contributed by atoms with Crippen LogP contribution in [-0.2, 0) is 14.8 Å². The molecule has 0 aliphatic carbocycles. The quantitative estimate of drug-likeness (QED) is 0.618. The van der Waals surface area contributed by atoms with Crippen LogP contribution in [0.5, 0.6) is 5.75 Å². The summed E-state index contributed by atoms with van der Waals surface area (Å²) in [5.74, 6) is -0.177. The zero-order valence-corrected chi connectivity index (χ0v) is 17.0. The van der Waals surface area contributed by atoms with E-state index < -0.39 is 22.1 Å². The number of amides is 1. The van der Waals surface area contributed by atoms with Crippen molar-refractivity contribution < 1.29 is 31.1 Å². The van der Waals surface area contributed by atoms with Crippen molar-refractivity contribution in [1.29, 1.82) is 0 Å². The first-order chi connectivity index (χ1) is 13.5. The van der Waals surface area contributed by atoms with E-state index >= 15 is 0 Å². The fourth-order valence-corrected chi connectivity index (χ4v) is 4.09. The molecule has 0 radical (unpaired) electrons. The molecule has 0 saturated carbocycles. The molecule has 0 spiro atoms. The molecule has 2 rings (SSSR count). The lowest BCUT2D eigenvalue weighted by Crippen LogP contribution is -2.34. The van der Waals surface area contributed by atoms with E-state index in [0.29, 0.717) is 12.5 Å². The van der Waals surface area contributed by atoms with Crippen molar-refractivity contribution in [2.45, 2.75) is 36.9 Å². The molecular formula is C18H26F3N3O4S. The molecule has 1 heterocycles. The van der Waals surface area contributed by atoms with Gasteiger partial charge in [-0.3, -0.25) is 4.79 Å². The lowest BCUT2D eigenvalue weighted by molar-refractivity contribution is -0.274. The van der Waals surface area contributed by atoms with Crippen molar-refractivity contribution >= 4 is 15.9 Å². The van der Waals surface area contributed by atoms with Crippen molar-refractivity contribution in [3.63, 3.8) is 0 Å². The first kappa shape index (κ1) is 23.4. The summed E-state index contributed by atoms with van der Waals surface area (Å²) in [5.41, 5.74) is 0. The third-order valence-electron chi connectivity index (χ3n) is 4.72. The van der Waals surface area contributed by atoms with Gasteiger partial charge in [-0.15, -0.1) is 13.2 Å². The smallest absolute Gasteiger partial charge is 0.406 e. The highest BCUT2D eigenvalue weighted by Gasteiger charge is 2.31. The van der Waals surface area contributed by atoms with E-state index in [1.54, 1.807) is 0 Å². The molecule has 0 bridgehead atoms. The second-order valence-electron chi connectivity index (χ2n) is 7.05. The van der Waals surface area contributed by atoms with E-state index in [2.05, 4.69) is 26.7 Å². The van der Waals surface area contributed by atoms with Gasteiger partial charge in [-0.05, 0) is 69.6 Å².